The molecule has 1 aromatic carbocycles. The fraction of sp³-hybridized carbons (Fsp3) is 0.364. The van der Waals surface area contributed by atoms with Crippen molar-refractivity contribution < 1.29 is 14.4 Å². The summed E-state index contributed by atoms with van der Waals surface area (Å²) in [4.78, 5) is 16.7. The van der Waals surface area contributed by atoms with Gasteiger partial charge in [-0.3, -0.25) is 14.7 Å². The van der Waals surface area contributed by atoms with Crippen molar-refractivity contribution in [3.05, 3.63) is 12.1 Å². The number of nitrogens with one attached hydrogen (secondary N) is 1. The molecule has 0 unspecified atom stereocenters. The predicted octanol–water partition coefficient (Wildman–Crippen LogP) is 0.741. The second kappa shape index (κ2) is 3.81. The van der Waals surface area contributed by atoms with Crippen LogP contribution in [0, 0.1) is 0 Å². The van der Waals surface area contributed by atoms with Crippen molar-refractivity contribution >= 4 is 23.0 Å². The summed E-state index contributed by atoms with van der Waals surface area (Å²) in [5.41, 5.74) is 7.94. The number of ether oxygens (including phenoxy) is 1. The highest BCUT2D eigenvalue weighted by Crippen LogP contribution is 2.37. The Kier molecular flexibility index (Phi) is 2.29. The van der Waals surface area contributed by atoms with Gasteiger partial charge in [-0.15, -0.1) is 0 Å². The van der Waals surface area contributed by atoms with E-state index in [-0.39, 0.29) is 12.5 Å². The van der Waals surface area contributed by atoms with E-state index in [4.69, 9.17) is 15.3 Å². The Labute approximate surface area is 98.2 Å². The quantitative estimate of drug-likeness (QED) is 0.702. The van der Waals surface area contributed by atoms with Crippen molar-refractivity contribution in [3.63, 3.8) is 0 Å². The second-order valence-corrected chi connectivity index (χ2v) is 4.03. The summed E-state index contributed by atoms with van der Waals surface area (Å²) in [6.45, 7) is 1.53. The van der Waals surface area contributed by atoms with E-state index in [1.807, 2.05) is 0 Å². The lowest BCUT2D eigenvalue weighted by molar-refractivity contribution is -0.118. The van der Waals surface area contributed by atoms with Gasteiger partial charge in [0, 0.05) is 12.6 Å². The molecule has 0 saturated carbocycles. The fourth-order valence-corrected chi connectivity index (χ4v) is 1.98. The largest absolute Gasteiger partial charge is 0.482 e. The highest BCUT2D eigenvalue weighted by atomic mass is 16.7. The van der Waals surface area contributed by atoms with Gasteiger partial charge in [-0.1, -0.05) is 0 Å². The number of hydrogen-bond acceptors (Lipinski definition) is 5. The minimum atomic E-state index is -0.157. The smallest absolute Gasteiger partial charge is 0.262 e. The Morgan fingerprint density at radius 1 is 1.41 bits per heavy atom. The first kappa shape index (κ1) is 10.2. The van der Waals surface area contributed by atoms with Crippen LogP contribution in [-0.2, 0) is 9.63 Å². The Morgan fingerprint density at radius 2 is 2.29 bits per heavy atom. The standard InChI is InChI=1S/C11H13N3O3/c12-7-4-10-8(13-11(15)6-16-10)5-9(7)14-2-1-3-17-14/h4-5H,1-3,6,12H2,(H,13,15). The van der Waals surface area contributed by atoms with Crippen LogP contribution in [0.2, 0.25) is 0 Å². The minimum absolute atomic E-state index is 0.0337. The third-order valence-corrected chi connectivity index (χ3v) is 2.78. The molecule has 1 amide bonds. The van der Waals surface area contributed by atoms with Crippen molar-refractivity contribution in [1.29, 1.82) is 0 Å². The van der Waals surface area contributed by atoms with Gasteiger partial charge in [-0.2, -0.15) is 0 Å². The van der Waals surface area contributed by atoms with Crippen LogP contribution in [0.4, 0.5) is 17.1 Å². The van der Waals surface area contributed by atoms with E-state index in [9.17, 15) is 4.79 Å². The first-order chi connectivity index (χ1) is 8.24. The lowest BCUT2D eigenvalue weighted by Gasteiger charge is -2.23. The molecule has 3 rings (SSSR count). The molecule has 90 valence electrons. The summed E-state index contributed by atoms with van der Waals surface area (Å²) >= 11 is 0. The molecule has 3 N–H and O–H groups in total. The zero-order valence-electron chi connectivity index (χ0n) is 9.23. The molecular formula is C11H13N3O3. The summed E-state index contributed by atoms with van der Waals surface area (Å²) in [5, 5.41) is 4.50. The van der Waals surface area contributed by atoms with E-state index in [1.54, 1.807) is 17.2 Å². The number of carbonyl (C=O) groups is 1. The van der Waals surface area contributed by atoms with E-state index in [1.165, 1.54) is 0 Å². The Balaban J connectivity index is 1.99. The number of nitrogen functional groups attached to an aromatic ring is 1. The molecule has 0 radical (unpaired) electrons. The van der Waals surface area contributed by atoms with Gasteiger partial charge in [0.1, 0.15) is 5.75 Å². The summed E-state index contributed by atoms with van der Waals surface area (Å²) in [6, 6.07) is 3.50. The van der Waals surface area contributed by atoms with Crippen LogP contribution in [0.25, 0.3) is 0 Å². The van der Waals surface area contributed by atoms with Crippen LogP contribution in [0.15, 0.2) is 12.1 Å². The number of nitrogens with two attached hydrogens (primary N) is 1. The Bertz CT molecular complexity index is 469. The molecule has 6 heteroatoms. The number of hydroxylamine groups is 1. The lowest BCUT2D eigenvalue weighted by atomic mass is 10.2. The molecular weight excluding hydrogens is 222 g/mol. The number of anilines is 3. The molecule has 1 fully saturated rings. The fourth-order valence-electron chi connectivity index (χ4n) is 1.98. The SMILES string of the molecule is Nc1cc2c(cc1N1CCCO1)NC(=O)CO2. The zero-order valence-corrected chi connectivity index (χ0v) is 9.23. The van der Waals surface area contributed by atoms with Gasteiger partial charge in [0.25, 0.3) is 5.91 Å². The third-order valence-electron chi connectivity index (χ3n) is 2.78. The van der Waals surface area contributed by atoms with Crippen molar-refractivity contribution in [2.75, 3.05) is 35.9 Å². The summed E-state index contributed by atoms with van der Waals surface area (Å²) in [6.07, 6.45) is 0.972. The first-order valence-electron chi connectivity index (χ1n) is 5.50. The van der Waals surface area contributed by atoms with E-state index < -0.39 is 0 Å². The minimum Gasteiger partial charge on any atom is -0.482 e. The van der Waals surface area contributed by atoms with E-state index in [0.717, 1.165) is 18.7 Å². The average molecular weight is 235 g/mol. The Morgan fingerprint density at radius 3 is 3.06 bits per heavy atom. The number of benzene rings is 1. The molecule has 0 atom stereocenters. The van der Waals surface area contributed by atoms with Crippen molar-refractivity contribution in [2.24, 2.45) is 0 Å². The molecule has 2 aliphatic heterocycles. The first-order valence-corrected chi connectivity index (χ1v) is 5.50. The van der Waals surface area contributed by atoms with Gasteiger partial charge >= 0.3 is 0 Å². The van der Waals surface area contributed by atoms with Crippen LogP contribution in [0.3, 0.4) is 0 Å². The normalized spacial score (nSPS) is 18.6. The summed E-state index contributed by atoms with van der Waals surface area (Å²) < 4.78 is 5.28. The molecule has 6 nitrogen and oxygen atoms in total. The lowest BCUT2D eigenvalue weighted by Crippen LogP contribution is -2.26. The number of fused-ring (bicyclic) bond motifs is 1. The molecule has 1 aromatic rings. The molecule has 1 saturated heterocycles. The van der Waals surface area contributed by atoms with Crippen LogP contribution in [0.5, 0.6) is 5.75 Å². The maximum absolute atomic E-state index is 11.2. The monoisotopic (exact) mass is 235 g/mol. The average Bonchev–Trinajstić information content (AvgIpc) is 2.82. The van der Waals surface area contributed by atoms with E-state index in [2.05, 4.69) is 5.32 Å². The Hall–Kier alpha value is -1.95. The van der Waals surface area contributed by atoms with Gasteiger partial charge < -0.3 is 15.8 Å². The molecule has 0 spiro atoms. The van der Waals surface area contributed by atoms with Crippen LogP contribution >= 0.6 is 0 Å². The van der Waals surface area contributed by atoms with Crippen molar-refractivity contribution in [1.82, 2.24) is 0 Å². The van der Waals surface area contributed by atoms with Crippen LogP contribution in [-0.4, -0.2) is 25.7 Å². The van der Waals surface area contributed by atoms with Crippen LogP contribution < -0.4 is 20.9 Å². The van der Waals surface area contributed by atoms with Gasteiger partial charge in [0.2, 0.25) is 0 Å². The topological polar surface area (TPSA) is 76.8 Å². The zero-order chi connectivity index (χ0) is 11.8. The van der Waals surface area contributed by atoms with Crippen LogP contribution in [0.1, 0.15) is 6.42 Å². The molecule has 0 bridgehead atoms. The maximum Gasteiger partial charge on any atom is 0.262 e. The number of nitrogens with zero attached hydrogens (tertiary/aromatic N) is 1. The van der Waals surface area contributed by atoms with Gasteiger partial charge in [0.05, 0.1) is 23.7 Å². The van der Waals surface area contributed by atoms with Gasteiger partial charge in [0.15, 0.2) is 6.61 Å². The van der Waals surface area contributed by atoms with Crippen molar-refractivity contribution in [3.8, 4) is 5.75 Å². The summed E-state index contributed by atoms with van der Waals surface area (Å²) in [5.74, 6) is 0.445. The third kappa shape index (κ3) is 1.76. The van der Waals surface area contributed by atoms with Crippen molar-refractivity contribution in [2.45, 2.75) is 6.42 Å². The number of carbonyl (C=O) groups excluding carboxylic acids is 1. The van der Waals surface area contributed by atoms with Gasteiger partial charge in [-0.05, 0) is 12.5 Å². The highest BCUT2D eigenvalue weighted by molar-refractivity contribution is 5.97. The second-order valence-electron chi connectivity index (χ2n) is 4.03. The molecule has 0 aliphatic carbocycles. The molecule has 2 heterocycles. The predicted molar refractivity (Wildman–Crippen MR) is 62.9 cm³/mol. The number of rotatable bonds is 1. The highest BCUT2D eigenvalue weighted by Gasteiger charge is 2.22. The van der Waals surface area contributed by atoms with E-state index >= 15 is 0 Å². The molecule has 17 heavy (non-hydrogen) atoms. The summed E-state index contributed by atoms with van der Waals surface area (Å²) in [7, 11) is 0. The number of hydrogen-bond donors (Lipinski definition) is 2. The van der Waals surface area contributed by atoms with E-state index in [0.29, 0.717) is 23.7 Å². The molecule has 2 aliphatic rings. The van der Waals surface area contributed by atoms with Gasteiger partial charge in [-0.25, -0.2) is 0 Å². The molecule has 0 aromatic heterocycles. The number of amides is 1. The maximum atomic E-state index is 11.2.